The normalized spacial score (nSPS) is 9.87. The van der Waals surface area contributed by atoms with Crippen LogP contribution in [0.1, 0.15) is 10.4 Å². The third-order valence-corrected chi connectivity index (χ3v) is 1.81. The van der Waals surface area contributed by atoms with E-state index in [-0.39, 0.29) is 5.56 Å². The highest BCUT2D eigenvalue weighted by Crippen LogP contribution is 2.16. The number of carbonyl (C=O) groups is 1. The van der Waals surface area contributed by atoms with Gasteiger partial charge in [0.1, 0.15) is 0 Å². The molecule has 0 atom stereocenters. The summed E-state index contributed by atoms with van der Waals surface area (Å²) in [6.07, 6.45) is 1.18. The van der Waals surface area contributed by atoms with Gasteiger partial charge in [0, 0.05) is 16.3 Å². The van der Waals surface area contributed by atoms with Crippen molar-refractivity contribution in [2.75, 3.05) is 0 Å². The van der Waals surface area contributed by atoms with Crippen LogP contribution in [0.3, 0.4) is 0 Å². The molecule has 0 bridgehead atoms. The van der Waals surface area contributed by atoms with Crippen molar-refractivity contribution in [1.82, 2.24) is 10.1 Å². The van der Waals surface area contributed by atoms with E-state index in [1.807, 2.05) is 0 Å². The van der Waals surface area contributed by atoms with Crippen LogP contribution in [0.2, 0.25) is 0 Å². The number of amides is 1. The number of aromatic nitrogens is 2. The van der Waals surface area contributed by atoms with Gasteiger partial charge in [-0.25, -0.2) is 0 Å². The van der Waals surface area contributed by atoms with Gasteiger partial charge in [-0.2, -0.15) is 4.98 Å². The van der Waals surface area contributed by atoms with Crippen molar-refractivity contribution < 1.29 is 9.32 Å². The summed E-state index contributed by atoms with van der Waals surface area (Å²) in [5.74, 6) is -0.462. The Morgan fingerprint density at radius 3 is 2.93 bits per heavy atom. The van der Waals surface area contributed by atoms with Crippen LogP contribution < -0.4 is 0 Å². The molecule has 0 saturated heterocycles. The molecule has 15 heavy (non-hydrogen) atoms. The number of benzene rings is 1. The fourth-order valence-corrected chi connectivity index (χ4v) is 1.14. The first-order valence-corrected chi connectivity index (χ1v) is 4.06. The van der Waals surface area contributed by atoms with Gasteiger partial charge in [-0.05, 0) is 12.1 Å². The number of carbonyl (C=O) groups excluding carboxylic acids is 1. The molecule has 0 aliphatic carbocycles. The van der Waals surface area contributed by atoms with Crippen LogP contribution in [0.25, 0.3) is 11.4 Å². The molecule has 0 spiro atoms. The molecule has 6 heteroatoms. The molecule has 0 aliphatic heterocycles. The zero-order valence-electron chi connectivity index (χ0n) is 7.45. The fourth-order valence-electron chi connectivity index (χ4n) is 1.14. The van der Waals surface area contributed by atoms with Gasteiger partial charge in [0.25, 0.3) is 0 Å². The largest absolute Gasteiger partial charge is 0.342 e. The lowest BCUT2D eigenvalue weighted by Gasteiger charge is -1.96. The first kappa shape index (κ1) is 9.20. The van der Waals surface area contributed by atoms with E-state index < -0.39 is 5.91 Å². The Hall–Kier alpha value is -2.37. The smallest absolute Gasteiger partial charge is 0.316 e. The van der Waals surface area contributed by atoms with E-state index in [1.165, 1.54) is 18.5 Å². The van der Waals surface area contributed by atoms with Gasteiger partial charge in [-0.1, -0.05) is 17.3 Å². The summed E-state index contributed by atoms with van der Waals surface area (Å²) >= 11 is 0. The van der Waals surface area contributed by atoms with Crippen LogP contribution in [-0.2, 0) is 0 Å². The minimum absolute atomic E-state index is 0.201. The van der Waals surface area contributed by atoms with Gasteiger partial charge in [0.2, 0.25) is 12.2 Å². The summed E-state index contributed by atoms with van der Waals surface area (Å²) in [6, 6.07) is 6.29. The summed E-state index contributed by atoms with van der Waals surface area (Å²) in [4.78, 5) is 24.9. The third-order valence-electron chi connectivity index (χ3n) is 1.81. The van der Waals surface area contributed by atoms with Crippen LogP contribution >= 0.6 is 0 Å². The van der Waals surface area contributed by atoms with E-state index in [4.69, 9.17) is 0 Å². The first-order chi connectivity index (χ1) is 7.31. The van der Waals surface area contributed by atoms with Gasteiger partial charge in [-0.15, -0.1) is 4.91 Å². The Morgan fingerprint density at radius 1 is 1.40 bits per heavy atom. The Balaban J connectivity index is 2.43. The number of rotatable bonds is 2. The van der Waals surface area contributed by atoms with Gasteiger partial charge in [-0.3, -0.25) is 4.79 Å². The third kappa shape index (κ3) is 1.78. The Kier molecular flexibility index (Phi) is 2.32. The summed E-state index contributed by atoms with van der Waals surface area (Å²) in [5.41, 5.74) is 0.797. The molecule has 1 amide bonds. The minimum atomic E-state index is -0.819. The molecular weight excluding hydrogens is 198 g/mol. The Bertz CT molecular complexity index is 493. The molecule has 2 rings (SSSR count). The van der Waals surface area contributed by atoms with Crippen LogP contribution in [-0.4, -0.2) is 16.0 Å². The number of hydrogen-bond donors (Lipinski definition) is 0. The molecule has 1 aromatic carbocycles. The number of nitrogens with zero attached hydrogens (tertiary/aromatic N) is 3. The van der Waals surface area contributed by atoms with Crippen molar-refractivity contribution in [1.29, 1.82) is 0 Å². The molecule has 0 N–H and O–H groups in total. The molecule has 0 radical (unpaired) electrons. The van der Waals surface area contributed by atoms with Gasteiger partial charge >= 0.3 is 5.91 Å². The van der Waals surface area contributed by atoms with Crippen molar-refractivity contribution in [3.63, 3.8) is 0 Å². The van der Waals surface area contributed by atoms with E-state index >= 15 is 0 Å². The minimum Gasteiger partial charge on any atom is -0.342 e. The summed E-state index contributed by atoms with van der Waals surface area (Å²) in [7, 11) is 0. The molecule has 1 heterocycles. The summed E-state index contributed by atoms with van der Waals surface area (Å²) in [6.45, 7) is 0. The molecule has 74 valence electrons. The Morgan fingerprint density at radius 2 is 2.27 bits per heavy atom. The zero-order chi connectivity index (χ0) is 10.7. The second kappa shape index (κ2) is 3.79. The van der Waals surface area contributed by atoms with Crippen LogP contribution in [0.5, 0.6) is 0 Å². The maximum atomic E-state index is 11.0. The SMILES string of the molecule is O=NC(=O)c1cccc(-c2ncon2)c1. The Labute approximate surface area is 83.9 Å². The van der Waals surface area contributed by atoms with Gasteiger partial charge < -0.3 is 4.52 Å². The highest BCUT2D eigenvalue weighted by Gasteiger charge is 2.08. The molecule has 0 saturated carbocycles. The lowest BCUT2D eigenvalue weighted by molar-refractivity contribution is 0.100. The molecule has 0 aliphatic rings. The average Bonchev–Trinajstić information content (AvgIpc) is 2.82. The van der Waals surface area contributed by atoms with E-state index in [0.717, 1.165) is 0 Å². The second-order valence-corrected chi connectivity index (χ2v) is 2.73. The van der Waals surface area contributed by atoms with Crippen molar-refractivity contribution in [3.05, 3.63) is 41.1 Å². The van der Waals surface area contributed by atoms with E-state index in [9.17, 15) is 9.70 Å². The predicted octanol–water partition coefficient (Wildman–Crippen LogP) is 1.64. The maximum Gasteiger partial charge on any atom is 0.316 e. The highest BCUT2D eigenvalue weighted by molar-refractivity contribution is 5.95. The van der Waals surface area contributed by atoms with Crippen molar-refractivity contribution in [2.24, 2.45) is 5.18 Å². The molecule has 0 fully saturated rings. The fraction of sp³-hybridized carbons (Fsp3) is 0. The average molecular weight is 203 g/mol. The molecule has 1 aromatic heterocycles. The molecule has 0 unspecified atom stereocenters. The number of hydrogen-bond acceptors (Lipinski definition) is 5. The van der Waals surface area contributed by atoms with Crippen molar-refractivity contribution >= 4 is 5.91 Å². The van der Waals surface area contributed by atoms with Gasteiger partial charge in [0.15, 0.2) is 0 Å². The zero-order valence-corrected chi connectivity index (χ0v) is 7.45. The number of nitroso groups, excluding NO2 is 1. The lowest BCUT2D eigenvalue weighted by Crippen LogP contribution is -1.93. The van der Waals surface area contributed by atoms with Crippen molar-refractivity contribution in [2.45, 2.75) is 0 Å². The van der Waals surface area contributed by atoms with Crippen LogP contribution in [0.15, 0.2) is 40.4 Å². The predicted molar refractivity (Wildman–Crippen MR) is 49.9 cm³/mol. The van der Waals surface area contributed by atoms with Crippen molar-refractivity contribution in [3.8, 4) is 11.4 Å². The molecule has 2 aromatic rings. The molecule has 6 nitrogen and oxygen atoms in total. The maximum absolute atomic E-state index is 11.0. The summed E-state index contributed by atoms with van der Waals surface area (Å²) in [5, 5.41) is 5.93. The quantitative estimate of drug-likeness (QED) is 0.692. The van der Waals surface area contributed by atoms with E-state index in [1.54, 1.807) is 12.1 Å². The van der Waals surface area contributed by atoms with E-state index in [0.29, 0.717) is 11.4 Å². The molecular formula is C9H5N3O3. The lowest BCUT2D eigenvalue weighted by atomic mass is 10.1. The van der Waals surface area contributed by atoms with Crippen LogP contribution in [0, 0.1) is 4.91 Å². The highest BCUT2D eigenvalue weighted by atomic mass is 16.5. The second-order valence-electron chi connectivity index (χ2n) is 2.73. The first-order valence-electron chi connectivity index (χ1n) is 4.06. The topological polar surface area (TPSA) is 85.4 Å². The van der Waals surface area contributed by atoms with Crippen LogP contribution in [0.4, 0.5) is 0 Å². The van der Waals surface area contributed by atoms with E-state index in [2.05, 4.69) is 19.8 Å². The van der Waals surface area contributed by atoms with Gasteiger partial charge in [0.05, 0.1) is 0 Å². The standard InChI is InChI=1S/C9H5N3O3/c13-9(11-14)7-3-1-2-6(4-7)8-10-5-15-12-8/h1-5H. The summed E-state index contributed by atoms with van der Waals surface area (Å²) < 4.78 is 4.56. The monoisotopic (exact) mass is 203 g/mol.